The highest BCUT2D eigenvalue weighted by Crippen LogP contribution is 2.25. The number of ether oxygens (including phenoxy) is 1. The van der Waals surface area contributed by atoms with E-state index in [1.165, 1.54) is 6.07 Å². The highest BCUT2D eigenvalue weighted by Gasteiger charge is 2.05. The standard InChI is InChI=1S/C14H12FO/c1-2-11-8-9-13(15)14(10-11)16-12-6-4-3-5-7-12/h3-10H,1-2H2. The molecule has 1 radical (unpaired) electrons. The Hall–Kier alpha value is -1.83. The van der Waals surface area contributed by atoms with Gasteiger partial charge in [0.2, 0.25) is 0 Å². The van der Waals surface area contributed by atoms with Gasteiger partial charge in [-0.25, -0.2) is 4.39 Å². The SMILES string of the molecule is [CH2]Cc1ccc(F)c(Oc2ccccc2)c1. The number of hydrogen-bond acceptors (Lipinski definition) is 1. The third-order valence-electron chi connectivity index (χ3n) is 2.26. The van der Waals surface area contributed by atoms with Crippen molar-refractivity contribution in [3.8, 4) is 11.5 Å². The maximum Gasteiger partial charge on any atom is 0.165 e. The fourth-order valence-electron chi connectivity index (χ4n) is 1.40. The van der Waals surface area contributed by atoms with E-state index in [-0.39, 0.29) is 11.6 Å². The molecule has 81 valence electrons. The lowest BCUT2D eigenvalue weighted by Gasteiger charge is -2.07. The maximum absolute atomic E-state index is 13.4. The van der Waals surface area contributed by atoms with E-state index in [0.717, 1.165) is 5.56 Å². The average Bonchev–Trinajstić information content (AvgIpc) is 2.33. The Morgan fingerprint density at radius 2 is 1.81 bits per heavy atom. The van der Waals surface area contributed by atoms with Crippen LogP contribution in [0.3, 0.4) is 0 Å². The molecule has 2 rings (SSSR count). The Morgan fingerprint density at radius 3 is 2.50 bits per heavy atom. The van der Waals surface area contributed by atoms with Crippen LogP contribution in [0.25, 0.3) is 0 Å². The Bertz CT molecular complexity index is 465. The summed E-state index contributed by atoms with van der Waals surface area (Å²) >= 11 is 0. The molecule has 0 saturated carbocycles. The van der Waals surface area contributed by atoms with Gasteiger partial charge >= 0.3 is 0 Å². The smallest absolute Gasteiger partial charge is 0.165 e. The van der Waals surface area contributed by atoms with Crippen LogP contribution in [-0.2, 0) is 6.42 Å². The third kappa shape index (κ3) is 2.40. The zero-order chi connectivity index (χ0) is 11.4. The van der Waals surface area contributed by atoms with Gasteiger partial charge in [0.05, 0.1) is 0 Å². The molecule has 0 aliphatic heterocycles. The highest BCUT2D eigenvalue weighted by atomic mass is 19.1. The molecule has 0 spiro atoms. The van der Waals surface area contributed by atoms with Gasteiger partial charge in [0.15, 0.2) is 11.6 Å². The van der Waals surface area contributed by atoms with Crippen LogP contribution in [0, 0.1) is 12.7 Å². The second kappa shape index (κ2) is 4.79. The van der Waals surface area contributed by atoms with Crippen LogP contribution >= 0.6 is 0 Å². The molecule has 16 heavy (non-hydrogen) atoms. The molecule has 0 fully saturated rings. The predicted octanol–water partition coefficient (Wildman–Crippen LogP) is 3.99. The van der Waals surface area contributed by atoms with Crippen molar-refractivity contribution in [1.29, 1.82) is 0 Å². The normalized spacial score (nSPS) is 10.1. The zero-order valence-electron chi connectivity index (χ0n) is 8.82. The minimum Gasteiger partial charge on any atom is -0.454 e. The Morgan fingerprint density at radius 1 is 1.06 bits per heavy atom. The second-order valence-corrected chi connectivity index (χ2v) is 3.43. The molecule has 0 amide bonds. The fourth-order valence-corrected chi connectivity index (χ4v) is 1.40. The molecule has 0 bridgehead atoms. The van der Waals surface area contributed by atoms with E-state index >= 15 is 0 Å². The summed E-state index contributed by atoms with van der Waals surface area (Å²) in [5.41, 5.74) is 0.951. The van der Waals surface area contributed by atoms with Crippen molar-refractivity contribution in [2.75, 3.05) is 0 Å². The van der Waals surface area contributed by atoms with Crippen LogP contribution in [0.2, 0.25) is 0 Å². The van der Waals surface area contributed by atoms with E-state index in [4.69, 9.17) is 4.74 Å². The molecule has 0 atom stereocenters. The molecule has 1 nitrogen and oxygen atoms in total. The van der Waals surface area contributed by atoms with Crippen molar-refractivity contribution in [2.24, 2.45) is 0 Å². The molecule has 2 heteroatoms. The number of benzene rings is 2. The molecule has 2 aromatic carbocycles. The minimum atomic E-state index is -0.360. The number of para-hydroxylation sites is 1. The van der Waals surface area contributed by atoms with Crippen molar-refractivity contribution in [2.45, 2.75) is 6.42 Å². The van der Waals surface area contributed by atoms with E-state index < -0.39 is 0 Å². The van der Waals surface area contributed by atoms with Crippen molar-refractivity contribution in [3.63, 3.8) is 0 Å². The second-order valence-electron chi connectivity index (χ2n) is 3.43. The summed E-state index contributed by atoms with van der Waals surface area (Å²) in [6, 6.07) is 13.9. The van der Waals surface area contributed by atoms with Gasteiger partial charge in [0.1, 0.15) is 5.75 Å². The molecule has 0 unspecified atom stereocenters. The van der Waals surface area contributed by atoms with Gasteiger partial charge in [-0.1, -0.05) is 24.3 Å². The van der Waals surface area contributed by atoms with Gasteiger partial charge in [-0.15, -0.1) is 0 Å². The first-order valence-corrected chi connectivity index (χ1v) is 5.10. The van der Waals surface area contributed by atoms with Gasteiger partial charge in [0, 0.05) is 0 Å². The van der Waals surface area contributed by atoms with E-state index in [1.54, 1.807) is 24.3 Å². The molecule has 0 aliphatic rings. The fraction of sp³-hybridized carbons (Fsp3) is 0.0714. The molecule has 0 aliphatic carbocycles. The van der Waals surface area contributed by atoms with Crippen LogP contribution < -0.4 is 4.74 Å². The Kier molecular flexibility index (Phi) is 3.20. The molecule has 0 saturated heterocycles. The van der Waals surface area contributed by atoms with Crippen LogP contribution in [0.5, 0.6) is 11.5 Å². The number of rotatable bonds is 3. The zero-order valence-corrected chi connectivity index (χ0v) is 8.82. The molecule has 0 aromatic heterocycles. The van der Waals surface area contributed by atoms with Crippen LogP contribution in [-0.4, -0.2) is 0 Å². The third-order valence-corrected chi connectivity index (χ3v) is 2.26. The van der Waals surface area contributed by atoms with E-state index in [2.05, 4.69) is 6.92 Å². The summed E-state index contributed by atoms with van der Waals surface area (Å²) in [6.45, 7) is 3.76. The first-order chi connectivity index (χ1) is 7.79. The number of hydrogen-bond donors (Lipinski definition) is 0. The first-order valence-electron chi connectivity index (χ1n) is 5.10. The van der Waals surface area contributed by atoms with Gasteiger partial charge in [0.25, 0.3) is 0 Å². The molecule has 0 heterocycles. The summed E-state index contributed by atoms with van der Waals surface area (Å²) in [5.74, 6) is 0.510. The Balaban J connectivity index is 2.27. The lowest BCUT2D eigenvalue weighted by atomic mass is 10.1. The lowest BCUT2D eigenvalue weighted by Crippen LogP contribution is -1.90. The van der Waals surface area contributed by atoms with Crippen molar-refractivity contribution < 1.29 is 9.13 Å². The van der Waals surface area contributed by atoms with Gasteiger partial charge in [-0.2, -0.15) is 0 Å². The van der Waals surface area contributed by atoms with Crippen molar-refractivity contribution in [3.05, 3.63) is 66.8 Å². The summed E-state index contributed by atoms with van der Waals surface area (Å²) < 4.78 is 18.9. The largest absolute Gasteiger partial charge is 0.454 e. The maximum atomic E-state index is 13.4. The van der Waals surface area contributed by atoms with E-state index in [0.29, 0.717) is 12.2 Å². The van der Waals surface area contributed by atoms with Crippen molar-refractivity contribution in [1.82, 2.24) is 0 Å². The van der Waals surface area contributed by atoms with Crippen molar-refractivity contribution >= 4 is 0 Å². The minimum absolute atomic E-state index is 0.243. The topological polar surface area (TPSA) is 9.23 Å². The quantitative estimate of drug-likeness (QED) is 0.752. The first kappa shape index (κ1) is 10.7. The van der Waals surface area contributed by atoms with Gasteiger partial charge < -0.3 is 4.74 Å². The number of halogens is 1. The molecular weight excluding hydrogens is 203 g/mol. The van der Waals surface area contributed by atoms with E-state index in [9.17, 15) is 4.39 Å². The van der Waals surface area contributed by atoms with Crippen LogP contribution in [0.1, 0.15) is 5.56 Å². The Labute approximate surface area is 94.5 Å². The van der Waals surface area contributed by atoms with Crippen LogP contribution in [0.4, 0.5) is 4.39 Å². The average molecular weight is 215 g/mol. The lowest BCUT2D eigenvalue weighted by molar-refractivity contribution is 0.441. The van der Waals surface area contributed by atoms with Gasteiger partial charge in [-0.3, -0.25) is 0 Å². The monoisotopic (exact) mass is 215 g/mol. The highest BCUT2D eigenvalue weighted by molar-refractivity contribution is 5.35. The predicted molar refractivity (Wildman–Crippen MR) is 62.0 cm³/mol. The summed E-state index contributed by atoms with van der Waals surface area (Å²) in [5, 5.41) is 0. The van der Waals surface area contributed by atoms with E-state index in [1.807, 2.05) is 18.2 Å². The molecule has 2 aromatic rings. The van der Waals surface area contributed by atoms with Gasteiger partial charge in [-0.05, 0) is 43.2 Å². The summed E-state index contributed by atoms with van der Waals surface area (Å²) in [6.07, 6.45) is 0.616. The summed E-state index contributed by atoms with van der Waals surface area (Å²) in [7, 11) is 0. The van der Waals surface area contributed by atoms with Crippen LogP contribution in [0.15, 0.2) is 48.5 Å². The molecular formula is C14H12FO. The summed E-state index contributed by atoms with van der Waals surface area (Å²) in [4.78, 5) is 0. The molecule has 0 N–H and O–H groups in total.